The predicted octanol–water partition coefficient (Wildman–Crippen LogP) is 3.50. The number of amides is 3. The van der Waals surface area contributed by atoms with Crippen LogP contribution in [0.25, 0.3) is 10.8 Å². The van der Waals surface area contributed by atoms with Crippen molar-refractivity contribution in [3.05, 3.63) is 100 Å². The molecular formula is C29H24N4O3S. The number of carbonyl (C=O) groups excluding carboxylic acids is 3. The molecule has 0 saturated heterocycles. The van der Waals surface area contributed by atoms with Gasteiger partial charge in [-0.05, 0) is 52.8 Å². The molecule has 5 rings (SSSR count). The SMILES string of the molecule is O=C(NCC#Cc1cscn1)C(=O)NCc1ccccc1C(=O)NC1(c2ccc3ccccc3c2)CC1. The summed E-state index contributed by atoms with van der Waals surface area (Å²) < 4.78 is 0. The van der Waals surface area contributed by atoms with Crippen molar-refractivity contribution in [2.75, 3.05) is 6.54 Å². The Bertz CT molecular complexity index is 1530. The summed E-state index contributed by atoms with van der Waals surface area (Å²) in [5.41, 5.74) is 4.06. The van der Waals surface area contributed by atoms with Crippen molar-refractivity contribution in [3.63, 3.8) is 0 Å². The minimum atomic E-state index is -0.791. The molecule has 0 atom stereocenters. The van der Waals surface area contributed by atoms with Gasteiger partial charge in [0.25, 0.3) is 5.91 Å². The average molecular weight is 509 g/mol. The summed E-state index contributed by atoms with van der Waals surface area (Å²) in [4.78, 5) is 41.7. The summed E-state index contributed by atoms with van der Waals surface area (Å²) in [6.45, 7) is 0.0724. The van der Waals surface area contributed by atoms with E-state index >= 15 is 0 Å². The van der Waals surface area contributed by atoms with E-state index in [1.807, 2.05) is 12.1 Å². The van der Waals surface area contributed by atoms with Crippen LogP contribution in [-0.2, 0) is 21.7 Å². The summed E-state index contributed by atoms with van der Waals surface area (Å²) >= 11 is 1.43. The fraction of sp³-hybridized carbons (Fsp3) is 0.172. The van der Waals surface area contributed by atoms with E-state index in [0.29, 0.717) is 16.8 Å². The van der Waals surface area contributed by atoms with E-state index in [9.17, 15) is 14.4 Å². The molecule has 0 bridgehead atoms. The number of fused-ring (bicyclic) bond motifs is 1. The smallest absolute Gasteiger partial charge is 0.310 e. The van der Waals surface area contributed by atoms with Crippen LogP contribution in [0.5, 0.6) is 0 Å². The molecule has 0 radical (unpaired) electrons. The summed E-state index contributed by atoms with van der Waals surface area (Å²) in [7, 11) is 0. The lowest BCUT2D eigenvalue weighted by Gasteiger charge is -2.20. The molecule has 1 heterocycles. The molecule has 3 amide bonds. The maximum atomic E-state index is 13.3. The maximum Gasteiger partial charge on any atom is 0.310 e. The van der Waals surface area contributed by atoms with E-state index < -0.39 is 17.4 Å². The van der Waals surface area contributed by atoms with Gasteiger partial charge < -0.3 is 16.0 Å². The van der Waals surface area contributed by atoms with Crippen molar-refractivity contribution in [2.45, 2.75) is 24.9 Å². The van der Waals surface area contributed by atoms with Crippen LogP contribution in [0.1, 0.15) is 40.0 Å². The lowest BCUT2D eigenvalue weighted by Crippen LogP contribution is -2.40. The highest BCUT2D eigenvalue weighted by atomic mass is 32.1. The second kappa shape index (κ2) is 10.6. The summed E-state index contributed by atoms with van der Waals surface area (Å²) in [5, 5.41) is 12.3. The molecule has 1 saturated carbocycles. The van der Waals surface area contributed by atoms with Gasteiger partial charge in [-0.2, -0.15) is 0 Å². The summed E-state index contributed by atoms with van der Waals surface area (Å²) in [6, 6.07) is 21.5. The molecule has 3 N–H and O–H groups in total. The third-order valence-corrected chi connectivity index (χ3v) is 6.89. The van der Waals surface area contributed by atoms with Gasteiger partial charge in [-0.15, -0.1) is 11.3 Å². The molecule has 0 unspecified atom stereocenters. The van der Waals surface area contributed by atoms with Gasteiger partial charge in [-0.3, -0.25) is 14.4 Å². The number of rotatable bonds is 6. The zero-order chi connectivity index (χ0) is 25.7. The Morgan fingerprint density at radius 3 is 2.46 bits per heavy atom. The molecule has 0 aliphatic heterocycles. The number of benzene rings is 3. The van der Waals surface area contributed by atoms with Crippen molar-refractivity contribution in [1.29, 1.82) is 0 Å². The molecule has 1 aliphatic rings. The molecular weight excluding hydrogens is 484 g/mol. The van der Waals surface area contributed by atoms with Crippen LogP contribution in [0.4, 0.5) is 0 Å². The standard InChI is InChI=1S/C29H24N4O3S/c34-26(33-29(13-14-29)23-12-11-20-6-1-2-7-21(20)16-23)25-10-4-3-8-22(25)17-31-28(36)27(35)30-15-5-9-24-18-37-19-32-24/h1-4,6-8,10-12,16,18-19H,13-15,17H2,(H,30,35)(H,31,36)(H,33,34). The van der Waals surface area contributed by atoms with Gasteiger partial charge >= 0.3 is 11.8 Å². The van der Waals surface area contributed by atoms with Crippen LogP contribution in [0.3, 0.4) is 0 Å². The fourth-order valence-corrected chi connectivity index (χ4v) is 4.63. The van der Waals surface area contributed by atoms with Crippen molar-refractivity contribution >= 4 is 39.8 Å². The Kier molecular flexibility index (Phi) is 6.97. The maximum absolute atomic E-state index is 13.3. The van der Waals surface area contributed by atoms with Crippen LogP contribution in [0, 0.1) is 11.8 Å². The van der Waals surface area contributed by atoms with E-state index in [1.165, 1.54) is 11.3 Å². The van der Waals surface area contributed by atoms with Gasteiger partial charge in [-0.25, -0.2) is 4.98 Å². The minimum Gasteiger partial charge on any atom is -0.344 e. The fourth-order valence-electron chi connectivity index (χ4n) is 4.15. The Hall–Kier alpha value is -4.48. The first kappa shape index (κ1) is 24.2. The molecule has 1 fully saturated rings. The third kappa shape index (κ3) is 5.68. The summed E-state index contributed by atoms with van der Waals surface area (Å²) in [5.74, 6) is 3.76. The minimum absolute atomic E-state index is 0.0274. The Morgan fingerprint density at radius 2 is 1.68 bits per heavy atom. The number of nitrogens with zero attached hydrogens (tertiary/aromatic N) is 1. The number of aromatic nitrogens is 1. The van der Waals surface area contributed by atoms with Gasteiger partial charge in [0, 0.05) is 17.5 Å². The van der Waals surface area contributed by atoms with E-state index in [2.05, 4.69) is 63.1 Å². The molecule has 3 aromatic carbocycles. The van der Waals surface area contributed by atoms with E-state index in [1.54, 1.807) is 35.2 Å². The van der Waals surface area contributed by atoms with Crippen LogP contribution in [-0.4, -0.2) is 29.3 Å². The monoisotopic (exact) mass is 508 g/mol. The molecule has 1 aliphatic carbocycles. The zero-order valence-corrected chi connectivity index (χ0v) is 20.7. The Balaban J connectivity index is 1.20. The van der Waals surface area contributed by atoms with Gasteiger partial charge in [0.05, 0.1) is 17.6 Å². The van der Waals surface area contributed by atoms with Crippen molar-refractivity contribution in [3.8, 4) is 11.8 Å². The lowest BCUT2D eigenvalue weighted by molar-refractivity contribution is -0.139. The highest BCUT2D eigenvalue weighted by molar-refractivity contribution is 7.07. The number of hydrogen-bond acceptors (Lipinski definition) is 5. The largest absolute Gasteiger partial charge is 0.344 e. The van der Waals surface area contributed by atoms with Crippen molar-refractivity contribution in [1.82, 2.24) is 20.9 Å². The average Bonchev–Trinajstić information content (AvgIpc) is 3.52. The van der Waals surface area contributed by atoms with Crippen LogP contribution in [0.15, 0.2) is 77.6 Å². The molecule has 1 aromatic heterocycles. The topological polar surface area (TPSA) is 100 Å². The number of carbonyl (C=O) groups is 3. The molecule has 4 aromatic rings. The summed E-state index contributed by atoms with van der Waals surface area (Å²) in [6.07, 6.45) is 1.73. The van der Waals surface area contributed by atoms with E-state index in [-0.39, 0.29) is 19.0 Å². The number of nitrogens with one attached hydrogen (secondary N) is 3. The van der Waals surface area contributed by atoms with Crippen molar-refractivity contribution in [2.24, 2.45) is 0 Å². The Labute approximate surface area is 218 Å². The quantitative estimate of drug-likeness (QED) is 0.274. The van der Waals surface area contributed by atoms with Crippen LogP contribution in [0.2, 0.25) is 0 Å². The number of hydrogen-bond donors (Lipinski definition) is 3. The van der Waals surface area contributed by atoms with Gasteiger partial charge in [0.2, 0.25) is 0 Å². The predicted molar refractivity (Wildman–Crippen MR) is 143 cm³/mol. The van der Waals surface area contributed by atoms with Gasteiger partial charge in [0.1, 0.15) is 5.69 Å². The first-order chi connectivity index (χ1) is 18.0. The second-order valence-electron chi connectivity index (χ2n) is 8.80. The van der Waals surface area contributed by atoms with Gasteiger partial charge in [-0.1, -0.05) is 60.5 Å². The molecule has 37 heavy (non-hydrogen) atoms. The van der Waals surface area contributed by atoms with Crippen LogP contribution < -0.4 is 16.0 Å². The lowest BCUT2D eigenvalue weighted by atomic mass is 9.99. The highest BCUT2D eigenvalue weighted by Crippen LogP contribution is 2.46. The normalized spacial score (nSPS) is 13.2. The molecule has 0 spiro atoms. The first-order valence-corrected chi connectivity index (χ1v) is 12.8. The molecule has 8 heteroatoms. The molecule has 184 valence electrons. The van der Waals surface area contributed by atoms with Crippen molar-refractivity contribution < 1.29 is 14.4 Å². The Morgan fingerprint density at radius 1 is 0.919 bits per heavy atom. The van der Waals surface area contributed by atoms with Gasteiger partial charge in [0.15, 0.2) is 0 Å². The molecule has 7 nitrogen and oxygen atoms in total. The second-order valence-corrected chi connectivity index (χ2v) is 9.51. The van der Waals surface area contributed by atoms with E-state index in [0.717, 1.165) is 29.2 Å². The number of thiazole rings is 1. The zero-order valence-electron chi connectivity index (χ0n) is 19.9. The first-order valence-electron chi connectivity index (χ1n) is 11.9. The third-order valence-electron chi connectivity index (χ3n) is 6.30. The highest BCUT2D eigenvalue weighted by Gasteiger charge is 2.46. The van der Waals surface area contributed by atoms with E-state index in [4.69, 9.17) is 0 Å². The van der Waals surface area contributed by atoms with Crippen LogP contribution >= 0.6 is 11.3 Å².